The topological polar surface area (TPSA) is 24.1 Å². The lowest BCUT2D eigenvalue weighted by atomic mass is 10.1. The van der Waals surface area contributed by atoms with Crippen molar-refractivity contribution in [3.63, 3.8) is 0 Å². The highest BCUT2D eigenvalue weighted by atomic mass is 127. The third kappa shape index (κ3) is 3.44. The number of hydrogen-bond donors (Lipinski definition) is 2. The van der Waals surface area contributed by atoms with E-state index in [0.717, 1.165) is 12.2 Å². The van der Waals surface area contributed by atoms with E-state index in [9.17, 15) is 0 Å². The van der Waals surface area contributed by atoms with Crippen LogP contribution in [0.4, 0.5) is 5.69 Å². The molecule has 2 rings (SSSR count). The Kier molecular flexibility index (Phi) is 4.39. The van der Waals surface area contributed by atoms with Gasteiger partial charge in [0.05, 0.1) is 0 Å². The second kappa shape index (κ2) is 6.02. The van der Waals surface area contributed by atoms with Crippen LogP contribution in [0.2, 0.25) is 0 Å². The second-order valence-corrected chi connectivity index (χ2v) is 5.04. The summed E-state index contributed by atoms with van der Waals surface area (Å²) in [5, 5.41) is 0. The van der Waals surface area contributed by atoms with Gasteiger partial charge in [0.15, 0.2) is 0 Å². The van der Waals surface area contributed by atoms with Crippen LogP contribution < -0.4 is 10.9 Å². The fourth-order valence-corrected chi connectivity index (χ4v) is 2.47. The molecule has 88 valence electrons. The minimum Gasteiger partial charge on any atom is -0.321 e. The molecule has 2 aromatic carbocycles. The zero-order valence-corrected chi connectivity index (χ0v) is 11.9. The minimum atomic E-state index is 0.819. The fraction of sp³-hybridized carbons (Fsp3) is 0.143. The van der Waals surface area contributed by atoms with Gasteiger partial charge >= 0.3 is 0 Å². The highest BCUT2D eigenvalue weighted by Crippen LogP contribution is 2.16. The van der Waals surface area contributed by atoms with Crippen molar-refractivity contribution in [2.75, 3.05) is 5.43 Å². The molecule has 0 amide bonds. The maximum atomic E-state index is 3.24. The molecular weight excluding hydrogens is 323 g/mol. The van der Waals surface area contributed by atoms with Gasteiger partial charge in [-0.05, 0) is 58.8 Å². The molecule has 0 radical (unpaired) electrons. The van der Waals surface area contributed by atoms with Crippen LogP contribution in [-0.2, 0) is 6.54 Å². The van der Waals surface area contributed by atoms with Crippen LogP contribution in [0.25, 0.3) is 0 Å². The highest BCUT2D eigenvalue weighted by Gasteiger charge is 2.01. The fourth-order valence-electron chi connectivity index (χ4n) is 1.65. The van der Waals surface area contributed by atoms with Crippen LogP contribution in [0, 0.1) is 10.5 Å². The van der Waals surface area contributed by atoms with Gasteiger partial charge < -0.3 is 5.43 Å². The van der Waals surface area contributed by atoms with Gasteiger partial charge in [0.1, 0.15) is 0 Å². The number of hydrogen-bond acceptors (Lipinski definition) is 2. The SMILES string of the molecule is Cc1cccc(I)c1CNNc1ccccc1. The van der Waals surface area contributed by atoms with Crippen molar-refractivity contribution in [2.45, 2.75) is 13.5 Å². The van der Waals surface area contributed by atoms with E-state index >= 15 is 0 Å². The number of anilines is 1. The maximum Gasteiger partial charge on any atom is 0.0487 e. The van der Waals surface area contributed by atoms with Crippen molar-refractivity contribution in [1.82, 2.24) is 5.43 Å². The largest absolute Gasteiger partial charge is 0.321 e. The minimum absolute atomic E-state index is 0.819. The van der Waals surface area contributed by atoms with Crippen molar-refractivity contribution in [2.24, 2.45) is 0 Å². The molecule has 0 saturated heterocycles. The molecule has 2 nitrogen and oxygen atoms in total. The molecule has 0 atom stereocenters. The van der Waals surface area contributed by atoms with Gasteiger partial charge in [0, 0.05) is 15.8 Å². The van der Waals surface area contributed by atoms with Gasteiger partial charge in [-0.1, -0.05) is 30.3 Å². The molecule has 0 fully saturated rings. The van der Waals surface area contributed by atoms with E-state index in [1.807, 2.05) is 30.3 Å². The van der Waals surface area contributed by atoms with Crippen LogP contribution in [0.3, 0.4) is 0 Å². The summed E-state index contributed by atoms with van der Waals surface area (Å²) >= 11 is 2.37. The Balaban J connectivity index is 1.95. The molecule has 0 heterocycles. The van der Waals surface area contributed by atoms with Gasteiger partial charge in [-0.25, -0.2) is 5.43 Å². The summed E-state index contributed by atoms with van der Waals surface area (Å²) in [5.74, 6) is 0. The zero-order chi connectivity index (χ0) is 12.1. The Bertz CT molecular complexity index is 463. The zero-order valence-electron chi connectivity index (χ0n) is 9.70. The van der Waals surface area contributed by atoms with Crippen molar-refractivity contribution < 1.29 is 0 Å². The summed E-state index contributed by atoms with van der Waals surface area (Å²) in [6, 6.07) is 16.5. The van der Waals surface area contributed by atoms with Crippen LogP contribution >= 0.6 is 22.6 Å². The predicted molar refractivity (Wildman–Crippen MR) is 80.8 cm³/mol. The third-order valence-electron chi connectivity index (χ3n) is 2.62. The summed E-state index contributed by atoms with van der Waals surface area (Å²) in [6.07, 6.45) is 0. The first kappa shape index (κ1) is 12.4. The molecular formula is C14H15IN2. The van der Waals surface area contributed by atoms with E-state index in [2.05, 4.69) is 58.6 Å². The Morgan fingerprint density at radius 1 is 1.00 bits per heavy atom. The third-order valence-corrected chi connectivity index (χ3v) is 3.64. The molecule has 0 spiro atoms. The van der Waals surface area contributed by atoms with E-state index in [1.54, 1.807) is 0 Å². The molecule has 0 aliphatic carbocycles. The monoisotopic (exact) mass is 338 g/mol. The molecule has 2 aromatic rings. The second-order valence-electron chi connectivity index (χ2n) is 3.88. The first-order valence-electron chi connectivity index (χ1n) is 5.55. The quantitative estimate of drug-likeness (QED) is 0.656. The van der Waals surface area contributed by atoms with E-state index in [1.165, 1.54) is 14.7 Å². The number of hydrazine groups is 1. The number of aryl methyl sites for hydroxylation is 1. The van der Waals surface area contributed by atoms with Gasteiger partial charge in [-0.3, -0.25) is 0 Å². The summed E-state index contributed by atoms with van der Waals surface area (Å²) in [5.41, 5.74) is 10.2. The van der Waals surface area contributed by atoms with Gasteiger partial charge in [0.2, 0.25) is 0 Å². The molecule has 0 saturated carbocycles. The lowest BCUT2D eigenvalue weighted by molar-refractivity contribution is 0.792. The lowest BCUT2D eigenvalue weighted by Crippen LogP contribution is -2.21. The predicted octanol–water partition coefficient (Wildman–Crippen LogP) is 3.72. The number of halogens is 1. The maximum absolute atomic E-state index is 3.24. The van der Waals surface area contributed by atoms with Crippen LogP contribution in [-0.4, -0.2) is 0 Å². The van der Waals surface area contributed by atoms with Crippen molar-refractivity contribution in [1.29, 1.82) is 0 Å². The molecule has 2 N–H and O–H groups in total. The van der Waals surface area contributed by atoms with Gasteiger partial charge in [0.25, 0.3) is 0 Å². The van der Waals surface area contributed by atoms with Crippen LogP contribution in [0.15, 0.2) is 48.5 Å². The lowest BCUT2D eigenvalue weighted by Gasteiger charge is -2.11. The van der Waals surface area contributed by atoms with Crippen molar-refractivity contribution in [3.05, 3.63) is 63.2 Å². The first-order chi connectivity index (χ1) is 8.27. The molecule has 17 heavy (non-hydrogen) atoms. The van der Waals surface area contributed by atoms with E-state index in [-0.39, 0.29) is 0 Å². The number of rotatable bonds is 4. The van der Waals surface area contributed by atoms with E-state index in [4.69, 9.17) is 0 Å². The van der Waals surface area contributed by atoms with E-state index < -0.39 is 0 Å². The standard InChI is InChI=1S/C14H15IN2/c1-11-6-5-9-14(15)13(11)10-16-17-12-7-3-2-4-8-12/h2-9,16-17H,10H2,1H3. The summed E-state index contributed by atoms with van der Waals surface area (Å²) in [7, 11) is 0. The van der Waals surface area contributed by atoms with E-state index in [0.29, 0.717) is 0 Å². The smallest absolute Gasteiger partial charge is 0.0487 e. The van der Waals surface area contributed by atoms with Gasteiger partial charge in [-0.15, -0.1) is 0 Å². The van der Waals surface area contributed by atoms with Gasteiger partial charge in [-0.2, -0.15) is 0 Å². The molecule has 0 bridgehead atoms. The highest BCUT2D eigenvalue weighted by molar-refractivity contribution is 14.1. The van der Waals surface area contributed by atoms with Crippen LogP contribution in [0.5, 0.6) is 0 Å². The molecule has 3 heteroatoms. The van der Waals surface area contributed by atoms with Crippen molar-refractivity contribution >= 4 is 28.3 Å². The first-order valence-corrected chi connectivity index (χ1v) is 6.63. The molecule has 0 aromatic heterocycles. The Labute approximate surface area is 116 Å². The van der Waals surface area contributed by atoms with Crippen LogP contribution in [0.1, 0.15) is 11.1 Å². The number of nitrogens with one attached hydrogen (secondary N) is 2. The number of para-hydroxylation sites is 1. The summed E-state index contributed by atoms with van der Waals surface area (Å²) < 4.78 is 1.30. The molecule has 0 unspecified atom stereocenters. The average molecular weight is 338 g/mol. The van der Waals surface area contributed by atoms with Crippen molar-refractivity contribution in [3.8, 4) is 0 Å². The molecule has 0 aliphatic rings. The summed E-state index contributed by atoms with van der Waals surface area (Å²) in [6.45, 7) is 2.96. The number of benzene rings is 2. The normalized spacial score (nSPS) is 10.2. The average Bonchev–Trinajstić information content (AvgIpc) is 2.34. The summed E-state index contributed by atoms with van der Waals surface area (Å²) in [4.78, 5) is 0. The Hall–Kier alpha value is -1.07. The Morgan fingerprint density at radius 3 is 2.47 bits per heavy atom. The Morgan fingerprint density at radius 2 is 1.76 bits per heavy atom. The molecule has 0 aliphatic heterocycles.